The molecule has 0 aliphatic heterocycles. The summed E-state index contributed by atoms with van der Waals surface area (Å²) in [7, 11) is 6.27. The number of primary amides is 1. The summed E-state index contributed by atoms with van der Waals surface area (Å²) < 4.78 is 27.8. The zero-order valence-corrected chi connectivity index (χ0v) is 24.9. The van der Waals surface area contributed by atoms with Gasteiger partial charge in [0.25, 0.3) is 5.91 Å². The molecule has 0 radical (unpaired) electrons. The number of Topliss-reactive ketones (excluding diaryl/α,β-unsaturated/α-hetero) is 4. The normalized spacial score (nSPS) is 29.2. The quantitative estimate of drug-likeness (QED) is 0.318. The molecule has 5 N–H and O–H groups in total. The highest BCUT2D eigenvalue weighted by atomic mass is 19.1. The Morgan fingerprint density at radius 1 is 1.02 bits per heavy atom. The standard InChI is InChI=1S/C31H32F2N4O8/c1-36(2)18-5-6-19(38)20-16(18)10-30(12-35-29(44)13-7-14(32)9-15(33)8-13)11-17-23(37(3)4)25(40)21(28(34)43)26(41)31(17,45)27(42)22(30)24(20)39/h5-9,17,21-23,38,45H,10-12H2,1-4H3,(H2,34,43)(H,35,44)/t17-,21?,22?,23-,30-,31+/m0/s1. The molecular weight excluding hydrogens is 594 g/mol. The van der Waals surface area contributed by atoms with E-state index in [0.717, 1.165) is 12.1 Å². The van der Waals surface area contributed by atoms with Gasteiger partial charge in [-0.3, -0.25) is 33.7 Å². The van der Waals surface area contributed by atoms with Crippen LogP contribution in [0.15, 0.2) is 30.3 Å². The van der Waals surface area contributed by atoms with E-state index >= 15 is 0 Å². The molecule has 0 spiro atoms. The molecule has 2 amide bonds. The Morgan fingerprint density at radius 2 is 1.64 bits per heavy atom. The van der Waals surface area contributed by atoms with Crippen molar-refractivity contribution in [3.8, 4) is 5.75 Å². The van der Waals surface area contributed by atoms with Gasteiger partial charge in [-0.1, -0.05) is 0 Å². The van der Waals surface area contributed by atoms with E-state index < -0.39 is 93.7 Å². The number of halogens is 2. The smallest absolute Gasteiger partial charge is 0.251 e. The molecule has 0 aromatic heterocycles. The number of phenolic OH excluding ortho intramolecular Hbond substituents is 1. The number of hydrogen-bond donors (Lipinski definition) is 4. The minimum atomic E-state index is -2.99. The first-order valence-electron chi connectivity index (χ1n) is 14.1. The Morgan fingerprint density at radius 3 is 2.20 bits per heavy atom. The van der Waals surface area contributed by atoms with E-state index in [1.165, 1.54) is 25.1 Å². The first-order valence-corrected chi connectivity index (χ1v) is 14.1. The number of ketones is 4. The second-order valence-corrected chi connectivity index (χ2v) is 12.5. The summed E-state index contributed by atoms with van der Waals surface area (Å²) in [5.41, 5.74) is 0.994. The number of fused-ring (bicyclic) bond motifs is 3. The van der Waals surface area contributed by atoms with E-state index in [9.17, 15) is 47.8 Å². The van der Waals surface area contributed by atoms with Gasteiger partial charge in [0, 0.05) is 49.3 Å². The van der Waals surface area contributed by atoms with Crippen LogP contribution in [0.25, 0.3) is 0 Å². The summed E-state index contributed by atoms with van der Waals surface area (Å²) in [5.74, 6) is -14.9. The van der Waals surface area contributed by atoms with Crippen LogP contribution in [-0.4, -0.2) is 96.4 Å². The van der Waals surface area contributed by atoms with Gasteiger partial charge in [-0.15, -0.1) is 0 Å². The molecule has 0 saturated heterocycles. The first kappa shape index (κ1) is 31.9. The van der Waals surface area contributed by atoms with Gasteiger partial charge in [0.15, 0.2) is 34.7 Å². The third-order valence-corrected chi connectivity index (χ3v) is 9.36. The highest BCUT2D eigenvalue weighted by molar-refractivity contribution is 6.32. The molecule has 3 aliphatic carbocycles. The summed E-state index contributed by atoms with van der Waals surface area (Å²) in [4.78, 5) is 84.4. The van der Waals surface area contributed by atoms with Crippen LogP contribution in [-0.2, 0) is 25.6 Å². The molecular formula is C31H32F2N4O8. The molecule has 6 atom stereocenters. The number of benzene rings is 2. The van der Waals surface area contributed by atoms with Crippen molar-refractivity contribution in [2.24, 2.45) is 28.9 Å². The first-order chi connectivity index (χ1) is 21.0. The van der Waals surface area contributed by atoms with Crippen molar-refractivity contribution in [2.45, 2.75) is 24.5 Å². The number of phenols is 1. The largest absolute Gasteiger partial charge is 0.507 e. The molecule has 2 aromatic carbocycles. The second kappa shape index (κ2) is 10.8. The maximum absolute atomic E-state index is 14.5. The Labute approximate surface area is 256 Å². The van der Waals surface area contributed by atoms with Crippen LogP contribution in [0.3, 0.4) is 0 Å². The van der Waals surface area contributed by atoms with Gasteiger partial charge in [-0.2, -0.15) is 0 Å². The second-order valence-electron chi connectivity index (χ2n) is 12.5. The predicted octanol–water partition coefficient (Wildman–Crippen LogP) is 0.0114. The molecule has 238 valence electrons. The summed E-state index contributed by atoms with van der Waals surface area (Å²) >= 11 is 0. The van der Waals surface area contributed by atoms with Gasteiger partial charge >= 0.3 is 0 Å². The number of aromatic hydroxyl groups is 1. The van der Waals surface area contributed by atoms with Gasteiger partial charge in [0.1, 0.15) is 17.4 Å². The number of anilines is 1. The fraction of sp³-hybridized carbons (Fsp3) is 0.419. The van der Waals surface area contributed by atoms with Crippen LogP contribution in [0.5, 0.6) is 5.75 Å². The molecule has 3 aliphatic rings. The lowest BCUT2D eigenvalue weighted by molar-refractivity contribution is -0.186. The zero-order chi connectivity index (χ0) is 33.3. The van der Waals surface area contributed by atoms with E-state index in [4.69, 9.17) is 5.73 Å². The fourth-order valence-electron chi connectivity index (χ4n) is 7.48. The van der Waals surface area contributed by atoms with E-state index in [2.05, 4.69) is 5.32 Å². The Kier molecular flexibility index (Phi) is 7.65. The zero-order valence-electron chi connectivity index (χ0n) is 24.9. The van der Waals surface area contributed by atoms with Gasteiger partial charge in [0.2, 0.25) is 5.91 Å². The molecule has 45 heavy (non-hydrogen) atoms. The highest BCUT2D eigenvalue weighted by Gasteiger charge is 2.72. The van der Waals surface area contributed by atoms with Crippen molar-refractivity contribution in [3.05, 3.63) is 58.7 Å². The van der Waals surface area contributed by atoms with Crippen LogP contribution < -0.4 is 16.0 Å². The van der Waals surface area contributed by atoms with Gasteiger partial charge < -0.3 is 26.2 Å². The number of nitrogens with one attached hydrogen (secondary N) is 1. The van der Waals surface area contributed by atoms with Gasteiger partial charge in [0.05, 0.1) is 17.5 Å². The van der Waals surface area contributed by atoms with Crippen molar-refractivity contribution in [1.29, 1.82) is 0 Å². The molecule has 2 unspecified atom stereocenters. The van der Waals surface area contributed by atoms with E-state index in [1.54, 1.807) is 25.1 Å². The maximum Gasteiger partial charge on any atom is 0.251 e. The van der Waals surface area contributed by atoms with Crippen LogP contribution in [0.1, 0.15) is 32.7 Å². The minimum Gasteiger partial charge on any atom is -0.507 e. The molecule has 14 heteroatoms. The lowest BCUT2D eigenvalue weighted by atomic mass is 9.46. The molecule has 0 heterocycles. The number of aliphatic hydroxyl groups is 1. The van der Waals surface area contributed by atoms with Crippen LogP contribution in [0.4, 0.5) is 14.5 Å². The van der Waals surface area contributed by atoms with Crippen molar-refractivity contribution in [2.75, 3.05) is 39.6 Å². The summed E-state index contributed by atoms with van der Waals surface area (Å²) in [6, 6.07) is 3.61. The monoisotopic (exact) mass is 626 g/mol. The third kappa shape index (κ3) is 4.70. The number of rotatable bonds is 6. The summed E-state index contributed by atoms with van der Waals surface area (Å²) in [6.07, 6.45) is -0.518. The average molecular weight is 627 g/mol. The molecule has 0 bridgehead atoms. The highest BCUT2D eigenvalue weighted by Crippen LogP contribution is 2.57. The lowest BCUT2D eigenvalue weighted by Crippen LogP contribution is -2.76. The van der Waals surface area contributed by atoms with Crippen molar-refractivity contribution < 1.29 is 47.8 Å². The average Bonchev–Trinajstić information content (AvgIpc) is 2.92. The Bertz CT molecular complexity index is 1670. The molecule has 2 fully saturated rings. The van der Waals surface area contributed by atoms with Crippen LogP contribution >= 0.6 is 0 Å². The number of carbonyl (C=O) groups excluding carboxylic acids is 6. The summed E-state index contributed by atoms with van der Waals surface area (Å²) in [6.45, 7) is -0.470. The minimum absolute atomic E-state index is 0.154. The van der Waals surface area contributed by atoms with Crippen LogP contribution in [0, 0.1) is 34.8 Å². The Hall–Kier alpha value is -4.56. The number of amides is 2. The fourth-order valence-corrected chi connectivity index (χ4v) is 7.48. The van der Waals surface area contributed by atoms with Crippen molar-refractivity contribution >= 4 is 40.6 Å². The number of hydrogen-bond acceptors (Lipinski definition) is 10. The Balaban J connectivity index is 1.71. The molecule has 2 aromatic rings. The third-order valence-electron chi connectivity index (χ3n) is 9.36. The van der Waals surface area contributed by atoms with E-state index in [-0.39, 0.29) is 24.0 Å². The number of nitrogens with two attached hydrogens (primary N) is 1. The number of carbonyl (C=O) groups is 6. The molecule has 2 saturated carbocycles. The number of nitrogens with zero attached hydrogens (tertiary/aromatic N) is 2. The predicted molar refractivity (Wildman–Crippen MR) is 153 cm³/mol. The molecule has 12 nitrogen and oxygen atoms in total. The van der Waals surface area contributed by atoms with Crippen molar-refractivity contribution in [1.82, 2.24) is 10.2 Å². The molecule has 5 rings (SSSR count). The summed E-state index contributed by atoms with van der Waals surface area (Å²) in [5, 5.41) is 25.3. The van der Waals surface area contributed by atoms with Gasteiger partial charge in [-0.05, 0) is 56.8 Å². The maximum atomic E-state index is 14.5. The lowest BCUT2D eigenvalue weighted by Gasteiger charge is -2.57. The SMILES string of the molecule is CN(C)c1ccc(O)c2c1C[C@@]1(CNC(=O)c3cc(F)cc(F)c3)C[C@H]3[C@H](N(C)C)C(=O)C(C(N)=O)C(=O)[C@@]3(O)C(=O)C1C2=O. The topological polar surface area (TPSA) is 187 Å². The van der Waals surface area contributed by atoms with E-state index in [0.29, 0.717) is 17.3 Å². The number of likely N-dealkylation sites (N-methyl/N-ethyl adjacent to an activating group) is 1. The van der Waals surface area contributed by atoms with Crippen molar-refractivity contribution in [3.63, 3.8) is 0 Å². The van der Waals surface area contributed by atoms with E-state index in [1.807, 2.05) is 0 Å². The van der Waals surface area contributed by atoms with Gasteiger partial charge in [-0.25, -0.2) is 8.78 Å². The van der Waals surface area contributed by atoms with Crippen LogP contribution in [0.2, 0.25) is 0 Å².